The molecule has 2 aromatic rings. The molecule has 0 saturated carbocycles. The van der Waals surface area contributed by atoms with Gasteiger partial charge in [0.15, 0.2) is 0 Å². The monoisotopic (exact) mass is 294 g/mol. The molecule has 2 rings (SSSR count). The van der Waals surface area contributed by atoms with E-state index in [0.29, 0.717) is 11.1 Å². The standard InChI is InChI=1S/C15H13F3N2O/c1-11-7-12(9-14(8-11)21-15(16,17)18)10-19-20-13-5-3-2-4-6-13/h2-10,20H,1H3. The molecule has 0 saturated heterocycles. The smallest absolute Gasteiger partial charge is 0.406 e. The number of ether oxygens (including phenoxy) is 1. The maximum Gasteiger partial charge on any atom is 0.573 e. The third-order valence-corrected chi connectivity index (χ3v) is 2.49. The minimum absolute atomic E-state index is 0.260. The van der Waals surface area contributed by atoms with Crippen LogP contribution in [0.2, 0.25) is 0 Å². The van der Waals surface area contributed by atoms with Crippen molar-refractivity contribution in [3.8, 4) is 5.75 Å². The highest BCUT2D eigenvalue weighted by Gasteiger charge is 2.31. The lowest BCUT2D eigenvalue weighted by molar-refractivity contribution is -0.274. The van der Waals surface area contributed by atoms with Gasteiger partial charge in [-0.25, -0.2) is 0 Å². The second-order valence-corrected chi connectivity index (χ2v) is 4.36. The Balaban J connectivity index is 2.09. The van der Waals surface area contributed by atoms with Crippen LogP contribution in [0.3, 0.4) is 0 Å². The topological polar surface area (TPSA) is 33.6 Å². The van der Waals surface area contributed by atoms with Crippen molar-refractivity contribution in [1.82, 2.24) is 0 Å². The first-order chi connectivity index (χ1) is 9.92. The number of benzene rings is 2. The Morgan fingerprint density at radius 3 is 2.48 bits per heavy atom. The number of rotatable bonds is 4. The third kappa shape index (κ3) is 5.18. The zero-order chi connectivity index (χ0) is 15.3. The number of anilines is 1. The fourth-order valence-corrected chi connectivity index (χ4v) is 1.74. The summed E-state index contributed by atoms with van der Waals surface area (Å²) in [7, 11) is 0. The van der Waals surface area contributed by atoms with E-state index in [2.05, 4.69) is 15.3 Å². The molecule has 21 heavy (non-hydrogen) atoms. The summed E-state index contributed by atoms with van der Waals surface area (Å²) < 4.78 is 40.5. The van der Waals surface area contributed by atoms with Crippen LogP contribution < -0.4 is 10.2 Å². The molecular formula is C15H13F3N2O. The maximum absolute atomic E-state index is 12.2. The molecule has 110 valence electrons. The first kappa shape index (κ1) is 14.9. The molecule has 0 bridgehead atoms. The highest BCUT2D eigenvalue weighted by molar-refractivity contribution is 5.81. The highest BCUT2D eigenvalue weighted by Crippen LogP contribution is 2.24. The van der Waals surface area contributed by atoms with E-state index in [4.69, 9.17) is 0 Å². The molecule has 0 atom stereocenters. The van der Waals surface area contributed by atoms with E-state index in [1.165, 1.54) is 18.3 Å². The summed E-state index contributed by atoms with van der Waals surface area (Å²) in [6.45, 7) is 1.69. The molecule has 0 aliphatic heterocycles. The van der Waals surface area contributed by atoms with E-state index in [9.17, 15) is 13.2 Å². The highest BCUT2D eigenvalue weighted by atomic mass is 19.4. The van der Waals surface area contributed by atoms with Crippen molar-refractivity contribution in [2.75, 3.05) is 5.43 Å². The van der Waals surface area contributed by atoms with Crippen LogP contribution in [0, 0.1) is 6.92 Å². The molecule has 0 aliphatic rings. The Bertz CT molecular complexity index is 625. The zero-order valence-corrected chi connectivity index (χ0v) is 11.2. The van der Waals surface area contributed by atoms with E-state index >= 15 is 0 Å². The number of hydrogen-bond acceptors (Lipinski definition) is 3. The van der Waals surface area contributed by atoms with Gasteiger partial charge in [-0.3, -0.25) is 5.43 Å². The number of nitrogens with one attached hydrogen (secondary N) is 1. The average Bonchev–Trinajstić information content (AvgIpc) is 2.37. The van der Waals surface area contributed by atoms with Gasteiger partial charge in [0.05, 0.1) is 11.9 Å². The molecule has 0 amide bonds. The van der Waals surface area contributed by atoms with E-state index in [0.717, 1.165) is 5.69 Å². The SMILES string of the molecule is Cc1cc(C=NNc2ccccc2)cc(OC(F)(F)F)c1. The molecule has 0 heterocycles. The molecule has 2 aromatic carbocycles. The van der Waals surface area contributed by atoms with Crippen LogP contribution in [0.25, 0.3) is 0 Å². The molecule has 0 spiro atoms. The van der Waals surface area contributed by atoms with Gasteiger partial charge in [0, 0.05) is 0 Å². The van der Waals surface area contributed by atoms with Gasteiger partial charge in [-0.05, 0) is 42.3 Å². The molecule has 0 unspecified atom stereocenters. The van der Waals surface area contributed by atoms with Gasteiger partial charge in [0.2, 0.25) is 0 Å². The van der Waals surface area contributed by atoms with E-state index < -0.39 is 6.36 Å². The summed E-state index contributed by atoms with van der Waals surface area (Å²) in [5, 5.41) is 3.98. The van der Waals surface area contributed by atoms with Crippen LogP contribution in [-0.4, -0.2) is 12.6 Å². The van der Waals surface area contributed by atoms with Crippen LogP contribution >= 0.6 is 0 Å². The molecule has 0 aromatic heterocycles. The predicted molar refractivity (Wildman–Crippen MR) is 75.5 cm³/mol. The summed E-state index contributed by atoms with van der Waals surface area (Å²) in [5.74, 6) is -0.260. The van der Waals surface area contributed by atoms with Crippen LogP contribution in [-0.2, 0) is 0 Å². The summed E-state index contributed by atoms with van der Waals surface area (Å²) in [5.41, 5.74) is 4.73. The number of para-hydroxylation sites is 1. The fraction of sp³-hybridized carbons (Fsp3) is 0.133. The quantitative estimate of drug-likeness (QED) is 0.672. The van der Waals surface area contributed by atoms with Crippen LogP contribution in [0.1, 0.15) is 11.1 Å². The first-order valence-electron chi connectivity index (χ1n) is 6.14. The third-order valence-electron chi connectivity index (χ3n) is 2.49. The fourth-order valence-electron chi connectivity index (χ4n) is 1.74. The largest absolute Gasteiger partial charge is 0.573 e. The lowest BCUT2D eigenvalue weighted by Crippen LogP contribution is -2.17. The lowest BCUT2D eigenvalue weighted by atomic mass is 10.1. The van der Waals surface area contributed by atoms with Crippen molar-refractivity contribution in [3.05, 3.63) is 59.7 Å². The minimum Gasteiger partial charge on any atom is -0.406 e. The van der Waals surface area contributed by atoms with Gasteiger partial charge < -0.3 is 4.74 Å². The summed E-state index contributed by atoms with van der Waals surface area (Å²) >= 11 is 0. The predicted octanol–water partition coefficient (Wildman–Crippen LogP) is 4.34. The molecule has 6 heteroatoms. The van der Waals surface area contributed by atoms with Crippen LogP contribution in [0.5, 0.6) is 5.75 Å². The number of aryl methyl sites for hydroxylation is 1. The second kappa shape index (κ2) is 6.30. The average molecular weight is 294 g/mol. The zero-order valence-electron chi connectivity index (χ0n) is 11.2. The summed E-state index contributed by atoms with van der Waals surface area (Å²) in [6.07, 6.45) is -3.27. The molecular weight excluding hydrogens is 281 g/mol. The number of alkyl halides is 3. The summed E-state index contributed by atoms with van der Waals surface area (Å²) in [6, 6.07) is 13.5. The Labute approximate surface area is 120 Å². The number of hydrogen-bond donors (Lipinski definition) is 1. The van der Waals surface area contributed by atoms with E-state index in [-0.39, 0.29) is 5.75 Å². The molecule has 0 radical (unpaired) electrons. The number of halogens is 3. The lowest BCUT2D eigenvalue weighted by Gasteiger charge is -2.10. The second-order valence-electron chi connectivity index (χ2n) is 4.36. The molecule has 0 aliphatic carbocycles. The van der Waals surface area contributed by atoms with Gasteiger partial charge in [0.1, 0.15) is 5.75 Å². The van der Waals surface area contributed by atoms with Gasteiger partial charge >= 0.3 is 6.36 Å². The van der Waals surface area contributed by atoms with Crippen molar-refractivity contribution in [3.63, 3.8) is 0 Å². The van der Waals surface area contributed by atoms with Crippen LogP contribution in [0.15, 0.2) is 53.6 Å². The summed E-state index contributed by atoms with van der Waals surface area (Å²) in [4.78, 5) is 0. The van der Waals surface area contributed by atoms with Gasteiger partial charge in [0.25, 0.3) is 0 Å². The minimum atomic E-state index is -4.70. The van der Waals surface area contributed by atoms with Crippen molar-refractivity contribution in [2.45, 2.75) is 13.3 Å². The molecule has 0 fully saturated rings. The van der Waals surface area contributed by atoms with Crippen molar-refractivity contribution < 1.29 is 17.9 Å². The maximum atomic E-state index is 12.2. The molecule has 3 nitrogen and oxygen atoms in total. The normalized spacial score (nSPS) is 11.6. The molecule has 1 N–H and O–H groups in total. The number of nitrogens with zero attached hydrogens (tertiary/aromatic N) is 1. The van der Waals surface area contributed by atoms with Gasteiger partial charge in [-0.1, -0.05) is 24.3 Å². The van der Waals surface area contributed by atoms with E-state index in [1.54, 1.807) is 13.0 Å². The Morgan fingerprint density at radius 1 is 1.10 bits per heavy atom. The van der Waals surface area contributed by atoms with Crippen molar-refractivity contribution >= 4 is 11.9 Å². The van der Waals surface area contributed by atoms with Crippen molar-refractivity contribution in [1.29, 1.82) is 0 Å². The van der Waals surface area contributed by atoms with Gasteiger partial charge in [-0.2, -0.15) is 5.10 Å². The van der Waals surface area contributed by atoms with Crippen LogP contribution in [0.4, 0.5) is 18.9 Å². The first-order valence-corrected chi connectivity index (χ1v) is 6.14. The number of hydrazone groups is 1. The Kier molecular flexibility index (Phi) is 4.47. The Hall–Kier alpha value is -2.50. The van der Waals surface area contributed by atoms with Crippen molar-refractivity contribution in [2.24, 2.45) is 5.10 Å². The van der Waals surface area contributed by atoms with E-state index in [1.807, 2.05) is 30.3 Å². The van der Waals surface area contributed by atoms with Gasteiger partial charge in [-0.15, -0.1) is 13.2 Å². The Morgan fingerprint density at radius 2 is 1.81 bits per heavy atom.